The molecule has 2 saturated heterocycles. The van der Waals surface area contributed by atoms with Crippen LogP contribution >= 0.6 is 0 Å². The van der Waals surface area contributed by atoms with Crippen molar-refractivity contribution in [2.75, 3.05) is 20.1 Å². The Labute approximate surface area is 147 Å². The number of likely N-dealkylation sites (tertiary alicyclic amines) is 2. The number of carbonyl (C=O) groups is 1. The summed E-state index contributed by atoms with van der Waals surface area (Å²) in [5.41, 5.74) is 1.93. The molecule has 2 aromatic rings. The van der Waals surface area contributed by atoms with Crippen molar-refractivity contribution in [3.05, 3.63) is 36.2 Å². The summed E-state index contributed by atoms with van der Waals surface area (Å²) in [6.07, 6.45) is 6.75. The summed E-state index contributed by atoms with van der Waals surface area (Å²) >= 11 is 0. The van der Waals surface area contributed by atoms with Crippen molar-refractivity contribution in [3.63, 3.8) is 0 Å². The summed E-state index contributed by atoms with van der Waals surface area (Å²) in [6.45, 7) is 2.05. The average Bonchev–Trinajstić information content (AvgIpc) is 3.36. The summed E-state index contributed by atoms with van der Waals surface area (Å²) in [5, 5.41) is 11.2. The fourth-order valence-corrected chi connectivity index (χ4v) is 4.25. The minimum absolute atomic E-state index is 0.248. The van der Waals surface area contributed by atoms with Gasteiger partial charge in [0.25, 0.3) is 0 Å². The van der Waals surface area contributed by atoms with Crippen LogP contribution in [0.5, 0.6) is 0 Å². The molecule has 2 fully saturated rings. The highest BCUT2D eigenvalue weighted by Crippen LogP contribution is 2.29. The number of hydrogen-bond donors (Lipinski definition) is 0. The topological polar surface area (TPSA) is 67.2 Å². The van der Waals surface area contributed by atoms with Crippen LogP contribution in [0.3, 0.4) is 0 Å². The first-order valence-corrected chi connectivity index (χ1v) is 9.04. The number of hydrogen-bond acceptors (Lipinski definition) is 5. The predicted molar refractivity (Wildman–Crippen MR) is 93.2 cm³/mol. The van der Waals surface area contributed by atoms with E-state index in [-0.39, 0.29) is 5.91 Å². The number of tetrazole rings is 1. The van der Waals surface area contributed by atoms with Gasteiger partial charge >= 0.3 is 0 Å². The van der Waals surface area contributed by atoms with Crippen LogP contribution in [0.15, 0.2) is 30.6 Å². The summed E-state index contributed by atoms with van der Waals surface area (Å²) in [4.78, 5) is 17.4. The third-order valence-electron chi connectivity index (χ3n) is 5.55. The molecule has 2 aliphatic heterocycles. The Bertz CT molecular complexity index is 714. The van der Waals surface area contributed by atoms with Crippen molar-refractivity contribution in [3.8, 4) is 5.69 Å². The van der Waals surface area contributed by atoms with E-state index in [9.17, 15) is 4.79 Å². The summed E-state index contributed by atoms with van der Waals surface area (Å²) < 4.78 is 1.61. The number of benzene rings is 1. The lowest BCUT2D eigenvalue weighted by Gasteiger charge is -2.33. The second kappa shape index (κ2) is 6.92. The molecule has 25 heavy (non-hydrogen) atoms. The van der Waals surface area contributed by atoms with Crippen LogP contribution in [0.25, 0.3) is 5.69 Å². The van der Waals surface area contributed by atoms with Crippen LogP contribution in [0.1, 0.15) is 31.2 Å². The third kappa shape index (κ3) is 3.28. The zero-order valence-corrected chi connectivity index (χ0v) is 14.6. The molecule has 132 valence electrons. The van der Waals surface area contributed by atoms with Crippen LogP contribution in [-0.2, 0) is 11.2 Å². The second-order valence-corrected chi connectivity index (χ2v) is 7.08. The molecule has 0 spiro atoms. The maximum Gasteiger partial charge on any atom is 0.227 e. The van der Waals surface area contributed by atoms with Gasteiger partial charge in [0, 0.05) is 18.6 Å². The molecule has 0 radical (unpaired) electrons. The Hall–Kier alpha value is -2.28. The lowest BCUT2D eigenvalue weighted by Crippen LogP contribution is -2.47. The minimum atomic E-state index is 0.248. The van der Waals surface area contributed by atoms with Crippen LogP contribution < -0.4 is 0 Å². The molecule has 7 heteroatoms. The monoisotopic (exact) mass is 340 g/mol. The lowest BCUT2D eigenvalue weighted by atomic mass is 10.0. The number of nitrogens with zero attached hydrogens (tertiary/aromatic N) is 6. The van der Waals surface area contributed by atoms with E-state index in [0.29, 0.717) is 18.5 Å². The number of amides is 1. The molecule has 0 aliphatic carbocycles. The molecule has 0 unspecified atom stereocenters. The molecule has 2 aliphatic rings. The van der Waals surface area contributed by atoms with Crippen LogP contribution in [0.4, 0.5) is 0 Å². The summed E-state index contributed by atoms with van der Waals surface area (Å²) in [7, 11) is 2.19. The molecule has 2 atom stereocenters. The maximum atomic E-state index is 12.9. The maximum absolute atomic E-state index is 12.9. The Balaban J connectivity index is 1.42. The van der Waals surface area contributed by atoms with Gasteiger partial charge in [-0.3, -0.25) is 4.79 Å². The Morgan fingerprint density at radius 3 is 2.56 bits per heavy atom. The minimum Gasteiger partial charge on any atom is -0.338 e. The lowest BCUT2D eigenvalue weighted by molar-refractivity contribution is -0.132. The molecule has 1 aromatic heterocycles. The van der Waals surface area contributed by atoms with E-state index in [4.69, 9.17) is 0 Å². The van der Waals surface area contributed by atoms with Gasteiger partial charge in [-0.25, -0.2) is 4.68 Å². The van der Waals surface area contributed by atoms with Crippen molar-refractivity contribution in [1.82, 2.24) is 30.0 Å². The Kier molecular flexibility index (Phi) is 4.48. The van der Waals surface area contributed by atoms with E-state index in [1.165, 1.54) is 12.8 Å². The van der Waals surface area contributed by atoms with Crippen LogP contribution in [0.2, 0.25) is 0 Å². The van der Waals surface area contributed by atoms with Gasteiger partial charge in [-0.05, 0) is 67.4 Å². The van der Waals surface area contributed by atoms with Gasteiger partial charge in [0.15, 0.2) is 0 Å². The highest BCUT2D eigenvalue weighted by molar-refractivity contribution is 5.79. The highest BCUT2D eigenvalue weighted by atomic mass is 16.2. The molecule has 7 nitrogen and oxygen atoms in total. The normalized spacial score (nSPS) is 24.1. The van der Waals surface area contributed by atoms with Gasteiger partial charge in [-0.15, -0.1) is 5.10 Å². The van der Waals surface area contributed by atoms with E-state index < -0.39 is 0 Å². The van der Waals surface area contributed by atoms with Crippen LogP contribution in [0, 0.1) is 0 Å². The molecular formula is C18H24N6O. The molecule has 0 N–H and O–H groups in total. The first-order chi connectivity index (χ1) is 12.2. The van der Waals surface area contributed by atoms with E-state index in [1.807, 2.05) is 24.3 Å². The third-order valence-corrected chi connectivity index (χ3v) is 5.55. The van der Waals surface area contributed by atoms with Gasteiger partial charge in [0.05, 0.1) is 12.1 Å². The Morgan fingerprint density at radius 1 is 1.12 bits per heavy atom. The van der Waals surface area contributed by atoms with E-state index in [1.54, 1.807) is 11.0 Å². The molecular weight excluding hydrogens is 316 g/mol. The fourth-order valence-electron chi connectivity index (χ4n) is 4.25. The fraction of sp³-hybridized carbons (Fsp3) is 0.556. The molecule has 0 saturated carbocycles. The first kappa shape index (κ1) is 16.2. The van der Waals surface area contributed by atoms with Crippen molar-refractivity contribution in [2.24, 2.45) is 0 Å². The largest absolute Gasteiger partial charge is 0.338 e. The standard InChI is InChI=1S/C18H24N6O/c1-22-10-2-4-16(22)17-5-3-11-23(17)18(25)12-14-6-8-15(9-7-14)24-13-19-20-21-24/h6-9,13,16-17H,2-5,10-12H2,1H3/t16-,17-/m1/s1. The second-order valence-electron chi connectivity index (χ2n) is 7.08. The molecule has 0 bridgehead atoms. The highest BCUT2D eigenvalue weighted by Gasteiger charge is 2.38. The average molecular weight is 340 g/mol. The quantitative estimate of drug-likeness (QED) is 0.839. The summed E-state index contributed by atoms with van der Waals surface area (Å²) in [5.74, 6) is 0.248. The number of rotatable bonds is 4. The zero-order valence-electron chi connectivity index (χ0n) is 14.6. The van der Waals surface area contributed by atoms with Crippen molar-refractivity contribution < 1.29 is 4.79 Å². The predicted octanol–water partition coefficient (Wildman–Crippen LogP) is 1.29. The number of carbonyl (C=O) groups excluding carboxylic acids is 1. The number of aromatic nitrogens is 4. The van der Waals surface area contributed by atoms with E-state index in [2.05, 4.69) is 32.4 Å². The SMILES string of the molecule is CN1CCC[C@@H]1[C@H]1CCCN1C(=O)Cc1ccc(-n2cnnn2)cc1. The first-order valence-electron chi connectivity index (χ1n) is 9.04. The Morgan fingerprint density at radius 2 is 1.88 bits per heavy atom. The van der Waals surface area contributed by atoms with Crippen molar-refractivity contribution in [1.29, 1.82) is 0 Å². The molecule has 4 rings (SSSR count). The van der Waals surface area contributed by atoms with Gasteiger partial charge < -0.3 is 9.80 Å². The smallest absolute Gasteiger partial charge is 0.227 e. The van der Waals surface area contributed by atoms with Crippen molar-refractivity contribution >= 4 is 5.91 Å². The van der Waals surface area contributed by atoms with E-state index in [0.717, 1.165) is 37.2 Å². The summed E-state index contributed by atoms with van der Waals surface area (Å²) in [6, 6.07) is 8.80. The zero-order chi connectivity index (χ0) is 17.2. The molecule has 3 heterocycles. The number of likely N-dealkylation sites (N-methyl/N-ethyl adjacent to an activating group) is 1. The molecule has 1 aromatic carbocycles. The van der Waals surface area contributed by atoms with Gasteiger partial charge in [0.1, 0.15) is 6.33 Å². The van der Waals surface area contributed by atoms with Crippen LogP contribution in [-0.4, -0.2) is 68.1 Å². The van der Waals surface area contributed by atoms with Gasteiger partial charge in [0.2, 0.25) is 5.91 Å². The van der Waals surface area contributed by atoms with E-state index >= 15 is 0 Å². The van der Waals surface area contributed by atoms with Gasteiger partial charge in [-0.1, -0.05) is 12.1 Å². The van der Waals surface area contributed by atoms with Crippen molar-refractivity contribution in [2.45, 2.75) is 44.2 Å². The van der Waals surface area contributed by atoms with Gasteiger partial charge in [-0.2, -0.15) is 0 Å². The molecule has 1 amide bonds.